The highest BCUT2D eigenvalue weighted by atomic mass is 16.3. The van der Waals surface area contributed by atoms with Gasteiger partial charge < -0.3 is 10.0 Å². The zero-order valence-electron chi connectivity index (χ0n) is 14.7. The Balaban J connectivity index is 1.72. The maximum atomic E-state index is 12.9. The third-order valence-electron chi connectivity index (χ3n) is 5.87. The van der Waals surface area contributed by atoms with Crippen molar-refractivity contribution in [2.24, 2.45) is 5.41 Å². The van der Waals surface area contributed by atoms with Gasteiger partial charge in [-0.1, -0.05) is 49.4 Å². The predicted molar refractivity (Wildman–Crippen MR) is 98.0 cm³/mol. The Morgan fingerprint density at radius 2 is 1.83 bits per heavy atom. The van der Waals surface area contributed by atoms with Gasteiger partial charge in [0.15, 0.2) is 0 Å². The highest BCUT2D eigenvalue weighted by Gasteiger charge is 2.35. The minimum atomic E-state index is -0.127. The zero-order valence-corrected chi connectivity index (χ0v) is 14.7. The molecule has 0 saturated carbocycles. The average Bonchev–Trinajstić information content (AvgIpc) is 2.66. The van der Waals surface area contributed by atoms with E-state index >= 15 is 0 Å². The van der Waals surface area contributed by atoms with Crippen LogP contribution in [0.25, 0.3) is 10.8 Å². The number of aliphatic hydroxyl groups is 1. The molecule has 3 heteroatoms. The largest absolute Gasteiger partial charge is 0.396 e. The molecular weight excluding hydrogens is 298 g/mol. The van der Waals surface area contributed by atoms with Crippen molar-refractivity contribution in [3.8, 4) is 0 Å². The summed E-state index contributed by atoms with van der Waals surface area (Å²) in [4.78, 5) is 14.9. The van der Waals surface area contributed by atoms with Crippen LogP contribution in [-0.4, -0.2) is 35.6 Å². The molecule has 0 spiro atoms. The number of nitrogens with zero attached hydrogens (tertiary/aromatic N) is 1. The molecule has 1 unspecified atom stereocenters. The van der Waals surface area contributed by atoms with E-state index in [1.54, 1.807) is 0 Å². The Morgan fingerprint density at radius 3 is 2.46 bits per heavy atom. The first-order chi connectivity index (χ1) is 11.6. The number of piperidine rings is 1. The minimum Gasteiger partial charge on any atom is -0.396 e. The SMILES string of the molecule is CCC1(CO)CCN(C(=O)C(C)c2ccc3ccccc3c2)CC1. The van der Waals surface area contributed by atoms with E-state index in [0.717, 1.165) is 37.9 Å². The van der Waals surface area contributed by atoms with E-state index in [2.05, 4.69) is 37.3 Å². The van der Waals surface area contributed by atoms with Crippen molar-refractivity contribution < 1.29 is 9.90 Å². The van der Waals surface area contributed by atoms with Crippen LogP contribution >= 0.6 is 0 Å². The van der Waals surface area contributed by atoms with E-state index in [1.165, 1.54) is 10.8 Å². The lowest BCUT2D eigenvalue weighted by molar-refractivity contribution is -0.135. The molecule has 0 aromatic heterocycles. The molecule has 1 heterocycles. The Kier molecular flexibility index (Phi) is 4.91. The number of likely N-dealkylation sites (tertiary alicyclic amines) is 1. The Hall–Kier alpha value is -1.87. The number of carbonyl (C=O) groups is 1. The second-order valence-corrected chi connectivity index (χ2v) is 7.17. The van der Waals surface area contributed by atoms with Crippen molar-refractivity contribution in [2.75, 3.05) is 19.7 Å². The average molecular weight is 325 g/mol. The lowest BCUT2D eigenvalue weighted by Crippen LogP contribution is -2.45. The van der Waals surface area contributed by atoms with Gasteiger partial charge in [-0.15, -0.1) is 0 Å². The fourth-order valence-electron chi connectivity index (χ4n) is 3.72. The number of aliphatic hydroxyl groups excluding tert-OH is 1. The summed E-state index contributed by atoms with van der Waals surface area (Å²) < 4.78 is 0. The van der Waals surface area contributed by atoms with Crippen LogP contribution in [-0.2, 0) is 4.79 Å². The first-order valence-electron chi connectivity index (χ1n) is 8.97. The molecule has 1 N–H and O–H groups in total. The van der Waals surface area contributed by atoms with E-state index in [4.69, 9.17) is 0 Å². The normalized spacial score (nSPS) is 18.5. The Morgan fingerprint density at radius 1 is 1.17 bits per heavy atom. The third-order valence-corrected chi connectivity index (χ3v) is 5.87. The number of benzene rings is 2. The summed E-state index contributed by atoms with van der Waals surface area (Å²) in [5.74, 6) is 0.0748. The van der Waals surface area contributed by atoms with Gasteiger partial charge in [0, 0.05) is 19.7 Å². The molecule has 2 aromatic carbocycles. The molecule has 1 saturated heterocycles. The molecule has 0 bridgehead atoms. The standard InChI is InChI=1S/C21H27NO2/c1-3-21(15-23)10-12-22(13-11-21)20(24)16(2)18-9-8-17-6-4-5-7-19(17)14-18/h4-9,14,16,23H,3,10-13,15H2,1-2H3. The number of amides is 1. The molecule has 128 valence electrons. The van der Waals surface area contributed by atoms with Crippen molar-refractivity contribution in [1.82, 2.24) is 4.90 Å². The van der Waals surface area contributed by atoms with Crippen LogP contribution < -0.4 is 0 Å². The van der Waals surface area contributed by atoms with E-state index in [0.29, 0.717) is 0 Å². The second kappa shape index (κ2) is 6.94. The second-order valence-electron chi connectivity index (χ2n) is 7.17. The van der Waals surface area contributed by atoms with E-state index < -0.39 is 0 Å². The van der Waals surface area contributed by atoms with Gasteiger partial charge in [0.1, 0.15) is 0 Å². The summed E-state index contributed by atoms with van der Waals surface area (Å²) >= 11 is 0. The molecule has 1 aliphatic heterocycles. The molecule has 24 heavy (non-hydrogen) atoms. The summed E-state index contributed by atoms with van der Waals surface area (Å²) in [6.07, 6.45) is 2.78. The highest BCUT2D eigenvalue weighted by Crippen LogP contribution is 2.35. The monoisotopic (exact) mass is 325 g/mol. The van der Waals surface area contributed by atoms with Gasteiger partial charge >= 0.3 is 0 Å². The molecule has 0 radical (unpaired) electrons. The molecule has 1 atom stereocenters. The summed E-state index contributed by atoms with van der Waals surface area (Å²) in [5.41, 5.74) is 1.09. The van der Waals surface area contributed by atoms with Gasteiger partial charge in [0.25, 0.3) is 0 Å². The van der Waals surface area contributed by atoms with Crippen LogP contribution in [0, 0.1) is 5.41 Å². The van der Waals surface area contributed by atoms with Crippen LogP contribution in [0.2, 0.25) is 0 Å². The molecule has 0 aliphatic carbocycles. The summed E-state index contributed by atoms with van der Waals surface area (Å²) in [6, 6.07) is 14.5. The molecule has 1 fully saturated rings. The van der Waals surface area contributed by atoms with Crippen molar-refractivity contribution >= 4 is 16.7 Å². The highest BCUT2D eigenvalue weighted by molar-refractivity contribution is 5.87. The quantitative estimate of drug-likeness (QED) is 0.924. The van der Waals surface area contributed by atoms with Crippen molar-refractivity contribution in [3.05, 3.63) is 48.0 Å². The van der Waals surface area contributed by atoms with Gasteiger partial charge in [-0.25, -0.2) is 0 Å². The molecular formula is C21H27NO2. The molecule has 2 aromatic rings. The van der Waals surface area contributed by atoms with Crippen LogP contribution in [0.1, 0.15) is 44.6 Å². The fraction of sp³-hybridized carbons (Fsp3) is 0.476. The summed E-state index contributed by atoms with van der Waals surface area (Å²) in [6.45, 7) is 5.87. The number of carbonyl (C=O) groups excluding carboxylic acids is 1. The smallest absolute Gasteiger partial charge is 0.229 e. The third kappa shape index (κ3) is 3.18. The summed E-state index contributed by atoms with van der Waals surface area (Å²) in [5, 5.41) is 12.0. The van der Waals surface area contributed by atoms with Crippen LogP contribution in [0.3, 0.4) is 0 Å². The van der Waals surface area contributed by atoms with Gasteiger partial charge in [-0.3, -0.25) is 4.79 Å². The predicted octanol–water partition coefficient (Wildman–Crippen LogP) is 3.95. The lowest BCUT2D eigenvalue weighted by atomic mass is 9.77. The van der Waals surface area contributed by atoms with Gasteiger partial charge in [-0.05, 0) is 47.9 Å². The Labute approximate surface area is 144 Å². The lowest BCUT2D eigenvalue weighted by Gasteiger charge is -2.41. The summed E-state index contributed by atoms with van der Waals surface area (Å²) in [7, 11) is 0. The van der Waals surface area contributed by atoms with Crippen LogP contribution in [0.4, 0.5) is 0 Å². The van der Waals surface area contributed by atoms with Gasteiger partial charge in [-0.2, -0.15) is 0 Å². The molecule has 1 aliphatic rings. The van der Waals surface area contributed by atoms with E-state index in [1.807, 2.05) is 24.0 Å². The topological polar surface area (TPSA) is 40.5 Å². The number of hydrogen-bond donors (Lipinski definition) is 1. The van der Waals surface area contributed by atoms with Crippen molar-refractivity contribution in [2.45, 2.75) is 39.0 Å². The number of rotatable bonds is 4. The zero-order chi connectivity index (χ0) is 17.2. The maximum Gasteiger partial charge on any atom is 0.229 e. The van der Waals surface area contributed by atoms with Crippen LogP contribution in [0.5, 0.6) is 0 Å². The molecule has 3 rings (SSSR count). The van der Waals surface area contributed by atoms with Crippen molar-refractivity contribution in [3.63, 3.8) is 0 Å². The van der Waals surface area contributed by atoms with E-state index in [9.17, 15) is 9.90 Å². The van der Waals surface area contributed by atoms with Gasteiger partial charge in [0.05, 0.1) is 5.92 Å². The number of hydrogen-bond acceptors (Lipinski definition) is 2. The minimum absolute atomic E-state index is 0.0168. The molecule has 3 nitrogen and oxygen atoms in total. The Bertz CT molecular complexity index is 711. The fourth-order valence-corrected chi connectivity index (χ4v) is 3.72. The first kappa shape index (κ1) is 17.0. The first-order valence-corrected chi connectivity index (χ1v) is 8.97. The maximum absolute atomic E-state index is 12.9. The molecule has 1 amide bonds. The number of fused-ring (bicyclic) bond motifs is 1. The van der Waals surface area contributed by atoms with Gasteiger partial charge in [0.2, 0.25) is 5.91 Å². The van der Waals surface area contributed by atoms with E-state index in [-0.39, 0.29) is 23.8 Å². The van der Waals surface area contributed by atoms with Crippen molar-refractivity contribution in [1.29, 1.82) is 0 Å². The van der Waals surface area contributed by atoms with Crippen LogP contribution in [0.15, 0.2) is 42.5 Å².